The van der Waals surface area contributed by atoms with Gasteiger partial charge in [-0.15, -0.1) is 0 Å². The average Bonchev–Trinajstić information content (AvgIpc) is 1.54. The van der Waals surface area contributed by atoms with Gasteiger partial charge in [-0.2, -0.15) is 0 Å². The molecule has 0 aliphatic heterocycles. The summed E-state index contributed by atoms with van der Waals surface area (Å²) in [6, 6.07) is 0. The van der Waals surface area contributed by atoms with E-state index in [1.165, 1.54) is 0 Å². The molecule has 0 spiro atoms. The minimum absolute atomic E-state index is 0. The van der Waals surface area contributed by atoms with Gasteiger partial charge in [0, 0.05) is 17.9 Å². The molecule has 0 fully saturated rings. The first kappa shape index (κ1) is 36.6. The minimum atomic E-state index is -1.08. The second-order valence-corrected chi connectivity index (χ2v) is 1.47. The molecule has 0 saturated heterocycles. The van der Waals surface area contributed by atoms with Gasteiger partial charge in [0.15, 0.2) is 0 Å². The van der Waals surface area contributed by atoms with Crippen molar-refractivity contribution >= 4 is 58.4 Å². The number of hydrogen-bond acceptors (Lipinski definition) is 6. The summed E-state index contributed by atoms with van der Waals surface area (Å²) in [7, 11) is 0. The van der Waals surface area contributed by atoms with Gasteiger partial charge < -0.3 is 29.7 Å². The highest BCUT2D eigenvalue weighted by molar-refractivity contribution is 7.37. The van der Waals surface area contributed by atoms with E-state index in [2.05, 4.69) is 0 Å². The number of carboxylic acids is 3. The van der Waals surface area contributed by atoms with Gasteiger partial charge in [0.2, 0.25) is 0 Å². The summed E-state index contributed by atoms with van der Waals surface area (Å²) in [5, 5.41) is 26.7. The Bertz CT molecular complexity index is 120. The van der Waals surface area contributed by atoms with Crippen LogP contribution in [0.5, 0.6) is 0 Å². The zero-order valence-electron chi connectivity index (χ0n) is 8.68. The smallest absolute Gasteiger partial charge is 0.0383 e. The molecule has 0 heterocycles. The van der Waals surface area contributed by atoms with Crippen LogP contribution in [0.15, 0.2) is 0 Å². The topological polar surface area (TPSA) is 120 Å². The first-order valence-corrected chi connectivity index (χ1v) is 2.72. The molecule has 0 saturated carbocycles. The molecule has 0 rings (SSSR count). The summed E-state index contributed by atoms with van der Waals surface area (Å²) >= 11 is 0. The van der Waals surface area contributed by atoms with Crippen molar-refractivity contribution in [2.24, 2.45) is 0 Å². The summed E-state index contributed by atoms with van der Waals surface area (Å²) in [6.07, 6.45) is 0. The highest BCUT2D eigenvalue weighted by atomic mass is 32.1. The van der Waals surface area contributed by atoms with Crippen LogP contribution >= 0.6 is 0 Å². The second kappa shape index (κ2) is 29.2. The van der Waals surface area contributed by atoms with Crippen molar-refractivity contribution in [1.29, 1.82) is 0 Å². The lowest BCUT2D eigenvalue weighted by atomic mass is 10.9. The Morgan fingerprint density at radius 1 is 0.600 bits per heavy atom. The quantitative estimate of drug-likeness (QED) is 0.408. The van der Waals surface area contributed by atoms with E-state index in [4.69, 9.17) is 29.7 Å². The van der Waals surface area contributed by atoms with Crippen molar-refractivity contribution in [3.05, 3.63) is 0 Å². The van der Waals surface area contributed by atoms with Crippen LogP contribution in [0.3, 0.4) is 0 Å². The third kappa shape index (κ3) is 6060. The number of rotatable bonds is 0. The molecule has 96 valence electrons. The lowest BCUT2D eigenvalue weighted by Gasteiger charge is -1.77. The summed E-state index contributed by atoms with van der Waals surface area (Å²) in [5.74, 6) is -3.25. The number of aliphatic carboxylic acids is 3. The van der Waals surface area contributed by atoms with Crippen molar-refractivity contribution < 1.29 is 29.7 Å². The molecule has 0 aromatic heterocycles. The van der Waals surface area contributed by atoms with Gasteiger partial charge >= 0.3 is 0 Å². The van der Waals surface area contributed by atoms with Gasteiger partial charge in [-0.1, -0.05) is 40.5 Å². The summed E-state index contributed by atoms with van der Waals surface area (Å²) in [4.78, 5) is 26.7. The van der Waals surface area contributed by atoms with Crippen LogP contribution in [0.2, 0.25) is 0 Å². The van der Waals surface area contributed by atoms with Crippen molar-refractivity contribution in [1.82, 2.24) is 0 Å². The van der Waals surface area contributed by atoms with Crippen molar-refractivity contribution in [2.75, 3.05) is 0 Å². The van der Waals surface area contributed by atoms with Crippen LogP contribution < -0.4 is 15.3 Å². The number of hydrogen-bond donors (Lipinski definition) is 0. The van der Waals surface area contributed by atoms with Crippen LogP contribution in [0, 0.1) is 0 Å². The van der Waals surface area contributed by atoms with Gasteiger partial charge in [-0.3, -0.25) is 0 Å². The van der Waals surface area contributed by atoms with Crippen LogP contribution in [-0.2, 0) is 54.9 Å². The number of carbonyl (C=O) groups excluding carboxylic acids is 3. The van der Waals surface area contributed by atoms with Gasteiger partial charge in [0.25, 0.3) is 0 Å². The van der Waals surface area contributed by atoms with E-state index < -0.39 is 17.9 Å². The van der Waals surface area contributed by atoms with Crippen molar-refractivity contribution in [2.45, 2.75) is 20.8 Å². The largest absolute Gasteiger partial charge is 0.550 e. The zero-order chi connectivity index (χ0) is 10.7. The molecule has 0 atom stereocenters. The number of carboxylic acid groups (broad SMARTS) is 3. The van der Waals surface area contributed by atoms with Crippen LogP contribution in [0.25, 0.3) is 0 Å². The molecule has 0 N–H and O–H groups in total. The third-order valence-electron chi connectivity index (χ3n) is 0. The van der Waals surface area contributed by atoms with E-state index >= 15 is 0 Å². The SMILES string of the molecule is CC(=O)[O-].CC(=O)[O-].CC(=O)[O-].[SH3+].[SH3+].[SH3+]. The molecular formula is C6H18O6S3. The van der Waals surface area contributed by atoms with E-state index in [9.17, 15) is 0 Å². The van der Waals surface area contributed by atoms with Crippen molar-refractivity contribution in [3.63, 3.8) is 0 Å². The lowest BCUT2D eigenvalue weighted by Crippen LogP contribution is -2.16. The van der Waals surface area contributed by atoms with E-state index in [0.29, 0.717) is 0 Å². The molecule has 6 nitrogen and oxygen atoms in total. The van der Waals surface area contributed by atoms with E-state index in [1.807, 2.05) is 0 Å². The van der Waals surface area contributed by atoms with Gasteiger partial charge in [0.1, 0.15) is 0 Å². The molecule has 15 heavy (non-hydrogen) atoms. The molecule has 0 radical (unpaired) electrons. The van der Waals surface area contributed by atoms with Gasteiger partial charge in [-0.05, 0) is 20.8 Å². The molecule has 0 aromatic rings. The average molecular weight is 282 g/mol. The summed E-state index contributed by atoms with van der Waals surface area (Å²) in [5.41, 5.74) is 0. The normalized spacial score (nSPS) is 5.00. The maximum atomic E-state index is 8.89. The Morgan fingerprint density at radius 2 is 0.600 bits per heavy atom. The highest BCUT2D eigenvalue weighted by Crippen LogP contribution is 1.31. The first-order valence-electron chi connectivity index (χ1n) is 2.72. The maximum absolute atomic E-state index is 8.89. The Morgan fingerprint density at radius 3 is 0.600 bits per heavy atom. The fourth-order valence-electron chi connectivity index (χ4n) is 0. The van der Waals surface area contributed by atoms with Crippen molar-refractivity contribution in [3.8, 4) is 0 Å². The number of carbonyl (C=O) groups is 3. The minimum Gasteiger partial charge on any atom is -0.550 e. The Hall–Kier alpha value is -0.540. The predicted octanol–water partition coefficient (Wildman–Crippen LogP) is -6.15. The van der Waals surface area contributed by atoms with Gasteiger partial charge in [0.05, 0.1) is 0 Å². The van der Waals surface area contributed by atoms with E-state index in [-0.39, 0.29) is 40.5 Å². The van der Waals surface area contributed by atoms with Crippen LogP contribution in [-0.4, -0.2) is 17.9 Å². The lowest BCUT2D eigenvalue weighted by molar-refractivity contribution is -0.303. The highest BCUT2D eigenvalue weighted by Gasteiger charge is 1.47. The fraction of sp³-hybridized carbons (Fsp3) is 0.500. The molecule has 0 aromatic carbocycles. The monoisotopic (exact) mass is 282 g/mol. The van der Waals surface area contributed by atoms with Gasteiger partial charge in [-0.25, -0.2) is 0 Å². The molecule has 0 aliphatic carbocycles. The molecule has 0 unspecified atom stereocenters. The maximum Gasteiger partial charge on any atom is 0.0383 e. The first-order chi connectivity index (χ1) is 5.20. The molecule has 0 amide bonds. The Labute approximate surface area is 109 Å². The van der Waals surface area contributed by atoms with Crippen LogP contribution in [0.1, 0.15) is 20.8 Å². The molecule has 9 heteroatoms. The molecule has 0 aliphatic rings. The third-order valence-corrected chi connectivity index (χ3v) is 0. The predicted molar refractivity (Wildman–Crippen MR) is 66.7 cm³/mol. The summed E-state index contributed by atoms with van der Waals surface area (Å²) in [6.45, 7) is 2.92. The van der Waals surface area contributed by atoms with E-state index in [0.717, 1.165) is 20.8 Å². The Kier molecular flexibility index (Phi) is 71.2. The molecule has 0 bridgehead atoms. The fourth-order valence-corrected chi connectivity index (χ4v) is 0. The zero-order valence-corrected chi connectivity index (χ0v) is 12.1. The van der Waals surface area contributed by atoms with E-state index in [1.54, 1.807) is 0 Å². The standard InChI is InChI=1S/3C2H4O2.3H2S/c3*1-2(3)4;;;/h3*1H3,(H,3,4);3*1H2. The van der Waals surface area contributed by atoms with Crippen LogP contribution in [0.4, 0.5) is 0 Å². The second-order valence-electron chi connectivity index (χ2n) is 1.47. The Balaban J connectivity index is -0.0000000184. The molecular weight excluding hydrogens is 264 g/mol. The summed E-state index contributed by atoms with van der Waals surface area (Å²) < 4.78 is 0.